The van der Waals surface area contributed by atoms with E-state index < -0.39 is 0 Å². The van der Waals surface area contributed by atoms with Gasteiger partial charge in [0, 0.05) is 24.4 Å². The number of nitrogens with zero attached hydrogens (tertiary/aromatic N) is 1. The summed E-state index contributed by atoms with van der Waals surface area (Å²) in [5, 5.41) is 0.278. The fraction of sp³-hybridized carbons (Fsp3) is 0.923. The summed E-state index contributed by atoms with van der Waals surface area (Å²) in [6, 6.07) is 0. The van der Waals surface area contributed by atoms with E-state index in [9.17, 15) is 4.79 Å². The minimum absolute atomic E-state index is 0.252. The minimum atomic E-state index is 0.252. The van der Waals surface area contributed by atoms with Crippen molar-refractivity contribution in [3.8, 4) is 0 Å². The average molecular weight is 246 g/mol. The summed E-state index contributed by atoms with van der Waals surface area (Å²) >= 11 is 6.05. The first-order chi connectivity index (χ1) is 7.69. The molecule has 3 heteroatoms. The van der Waals surface area contributed by atoms with E-state index in [1.165, 1.54) is 0 Å². The Morgan fingerprint density at radius 1 is 1.25 bits per heavy atom. The number of carbonyl (C=O) groups is 1. The summed E-state index contributed by atoms with van der Waals surface area (Å²) in [7, 11) is 0. The van der Waals surface area contributed by atoms with Crippen LogP contribution in [0.1, 0.15) is 52.4 Å². The highest BCUT2D eigenvalue weighted by atomic mass is 35.5. The number of likely N-dealkylation sites (tertiary alicyclic amines) is 1. The van der Waals surface area contributed by atoms with Crippen LogP contribution in [-0.4, -0.2) is 29.3 Å². The van der Waals surface area contributed by atoms with Gasteiger partial charge in [-0.3, -0.25) is 4.79 Å². The Morgan fingerprint density at radius 2 is 1.75 bits per heavy atom. The molecule has 0 unspecified atom stereocenters. The van der Waals surface area contributed by atoms with Gasteiger partial charge in [-0.15, -0.1) is 11.6 Å². The van der Waals surface area contributed by atoms with E-state index in [1.807, 2.05) is 4.90 Å². The monoisotopic (exact) mass is 245 g/mol. The zero-order valence-electron chi connectivity index (χ0n) is 10.5. The summed E-state index contributed by atoms with van der Waals surface area (Å²) in [4.78, 5) is 14.3. The summed E-state index contributed by atoms with van der Waals surface area (Å²) in [6.45, 7) is 6.02. The molecule has 1 fully saturated rings. The first-order valence-electron chi connectivity index (χ1n) is 6.61. The molecule has 1 rings (SSSR count). The molecule has 0 atom stereocenters. The zero-order valence-corrected chi connectivity index (χ0v) is 11.3. The number of alkyl halides is 1. The van der Waals surface area contributed by atoms with Crippen molar-refractivity contribution in [2.45, 2.75) is 57.7 Å². The van der Waals surface area contributed by atoms with Gasteiger partial charge >= 0.3 is 0 Å². The van der Waals surface area contributed by atoms with Crippen LogP contribution >= 0.6 is 11.6 Å². The highest BCUT2D eigenvalue weighted by Gasteiger charge is 2.26. The maximum absolute atomic E-state index is 12.3. The topological polar surface area (TPSA) is 20.3 Å². The first-order valence-corrected chi connectivity index (χ1v) is 7.05. The Balaban J connectivity index is 2.46. The molecule has 1 saturated heterocycles. The van der Waals surface area contributed by atoms with Crippen molar-refractivity contribution in [2.24, 2.45) is 5.92 Å². The molecule has 0 bridgehead atoms. The van der Waals surface area contributed by atoms with Crippen molar-refractivity contribution < 1.29 is 4.79 Å². The molecule has 1 aliphatic rings. The smallest absolute Gasteiger partial charge is 0.225 e. The Bertz CT molecular complexity index is 206. The summed E-state index contributed by atoms with van der Waals surface area (Å²) in [5.41, 5.74) is 0. The predicted molar refractivity (Wildman–Crippen MR) is 68.8 cm³/mol. The Hall–Kier alpha value is -0.240. The van der Waals surface area contributed by atoms with Crippen LogP contribution in [0, 0.1) is 5.92 Å². The second-order valence-electron chi connectivity index (χ2n) is 4.77. The number of piperidine rings is 1. The fourth-order valence-corrected chi connectivity index (χ4v) is 2.61. The normalized spacial score (nSPS) is 18.1. The van der Waals surface area contributed by atoms with Crippen molar-refractivity contribution >= 4 is 17.5 Å². The van der Waals surface area contributed by atoms with E-state index >= 15 is 0 Å². The second kappa shape index (κ2) is 7.16. The zero-order chi connectivity index (χ0) is 12.0. The Labute approximate surface area is 104 Å². The van der Waals surface area contributed by atoms with Gasteiger partial charge in [0.25, 0.3) is 0 Å². The van der Waals surface area contributed by atoms with Crippen molar-refractivity contribution in [1.82, 2.24) is 4.90 Å². The maximum atomic E-state index is 12.3. The van der Waals surface area contributed by atoms with Crippen LogP contribution in [0.5, 0.6) is 0 Å². The van der Waals surface area contributed by atoms with Gasteiger partial charge in [0.05, 0.1) is 0 Å². The number of halogens is 1. The van der Waals surface area contributed by atoms with Crippen LogP contribution in [0.2, 0.25) is 0 Å². The summed E-state index contributed by atoms with van der Waals surface area (Å²) in [6.07, 6.45) is 6.18. The molecule has 0 saturated carbocycles. The highest BCUT2D eigenvalue weighted by molar-refractivity contribution is 6.20. The van der Waals surface area contributed by atoms with Crippen LogP contribution in [0.25, 0.3) is 0 Å². The molecule has 1 aliphatic heterocycles. The molecule has 16 heavy (non-hydrogen) atoms. The molecule has 0 aromatic carbocycles. The van der Waals surface area contributed by atoms with Crippen LogP contribution in [0.15, 0.2) is 0 Å². The first kappa shape index (κ1) is 13.8. The number of hydrogen-bond acceptors (Lipinski definition) is 1. The predicted octanol–water partition coefficient (Wildman–Crippen LogP) is 3.43. The largest absolute Gasteiger partial charge is 0.342 e. The van der Waals surface area contributed by atoms with Gasteiger partial charge in [-0.05, 0) is 25.7 Å². The third-order valence-electron chi connectivity index (χ3n) is 3.36. The van der Waals surface area contributed by atoms with Gasteiger partial charge in [-0.2, -0.15) is 0 Å². The molecule has 0 radical (unpaired) electrons. The van der Waals surface area contributed by atoms with E-state index in [0.717, 1.165) is 51.6 Å². The third kappa shape index (κ3) is 3.97. The molecular weight excluding hydrogens is 222 g/mol. The lowest BCUT2D eigenvalue weighted by molar-refractivity contribution is -0.136. The van der Waals surface area contributed by atoms with Gasteiger partial charge in [-0.25, -0.2) is 0 Å². The molecular formula is C13H24ClNO. The van der Waals surface area contributed by atoms with Crippen molar-refractivity contribution in [2.75, 3.05) is 13.1 Å². The quantitative estimate of drug-likeness (QED) is 0.680. The van der Waals surface area contributed by atoms with E-state index in [1.54, 1.807) is 0 Å². The van der Waals surface area contributed by atoms with Gasteiger partial charge in [0.2, 0.25) is 5.91 Å². The molecule has 0 spiro atoms. The van der Waals surface area contributed by atoms with Crippen LogP contribution < -0.4 is 0 Å². The molecule has 1 heterocycles. The molecule has 0 aliphatic carbocycles. The van der Waals surface area contributed by atoms with Crippen molar-refractivity contribution in [1.29, 1.82) is 0 Å². The third-order valence-corrected chi connectivity index (χ3v) is 3.80. The number of hydrogen-bond donors (Lipinski definition) is 0. The second-order valence-corrected chi connectivity index (χ2v) is 5.39. The van der Waals surface area contributed by atoms with Crippen LogP contribution in [0.3, 0.4) is 0 Å². The lowest BCUT2D eigenvalue weighted by Crippen LogP contribution is -2.42. The van der Waals surface area contributed by atoms with Gasteiger partial charge in [0.15, 0.2) is 0 Å². The van der Waals surface area contributed by atoms with Gasteiger partial charge < -0.3 is 4.90 Å². The SMILES string of the molecule is CCCC(CCC)C(=O)N1CCC(Cl)CC1. The van der Waals surface area contributed by atoms with Crippen LogP contribution in [-0.2, 0) is 4.79 Å². The van der Waals surface area contributed by atoms with E-state index in [4.69, 9.17) is 11.6 Å². The minimum Gasteiger partial charge on any atom is -0.342 e. The van der Waals surface area contributed by atoms with E-state index in [-0.39, 0.29) is 11.3 Å². The Morgan fingerprint density at radius 3 is 2.19 bits per heavy atom. The van der Waals surface area contributed by atoms with E-state index in [0.29, 0.717) is 5.91 Å². The van der Waals surface area contributed by atoms with Gasteiger partial charge in [0.1, 0.15) is 0 Å². The summed E-state index contributed by atoms with van der Waals surface area (Å²) in [5.74, 6) is 0.620. The molecule has 2 nitrogen and oxygen atoms in total. The fourth-order valence-electron chi connectivity index (χ4n) is 2.41. The van der Waals surface area contributed by atoms with Gasteiger partial charge in [-0.1, -0.05) is 26.7 Å². The van der Waals surface area contributed by atoms with Crippen LogP contribution in [0.4, 0.5) is 0 Å². The lowest BCUT2D eigenvalue weighted by Gasteiger charge is -2.32. The maximum Gasteiger partial charge on any atom is 0.225 e. The number of carbonyl (C=O) groups excluding carboxylic acids is 1. The lowest BCUT2D eigenvalue weighted by atomic mass is 9.95. The average Bonchev–Trinajstić information content (AvgIpc) is 2.29. The molecule has 94 valence electrons. The van der Waals surface area contributed by atoms with Crippen molar-refractivity contribution in [3.05, 3.63) is 0 Å². The van der Waals surface area contributed by atoms with Crippen molar-refractivity contribution in [3.63, 3.8) is 0 Å². The number of rotatable bonds is 5. The molecule has 0 N–H and O–H groups in total. The standard InChI is InChI=1S/C13H24ClNO/c1-3-5-11(6-4-2)13(16)15-9-7-12(14)8-10-15/h11-12H,3-10H2,1-2H3. The molecule has 1 amide bonds. The highest BCUT2D eigenvalue weighted by Crippen LogP contribution is 2.21. The molecule has 0 aromatic rings. The number of amides is 1. The van der Waals surface area contributed by atoms with E-state index in [2.05, 4.69) is 13.8 Å². The Kier molecular flexibility index (Phi) is 6.18. The summed E-state index contributed by atoms with van der Waals surface area (Å²) < 4.78 is 0. The molecule has 0 aromatic heterocycles.